The minimum absolute atomic E-state index is 0.156. The zero-order chi connectivity index (χ0) is 16.4. The molecular weight excluding hydrogens is 313 g/mol. The fourth-order valence-electron chi connectivity index (χ4n) is 2.34. The number of nitrogens with one attached hydrogen (secondary N) is 1. The number of benzene rings is 2. The van der Waals surface area contributed by atoms with Gasteiger partial charge in [-0.1, -0.05) is 60.7 Å². The van der Waals surface area contributed by atoms with Gasteiger partial charge in [-0.05, 0) is 0 Å². The van der Waals surface area contributed by atoms with Crippen molar-refractivity contribution in [2.45, 2.75) is 0 Å². The smallest absolute Gasteiger partial charge is 0.307 e. The molecule has 0 atom stereocenters. The Morgan fingerprint density at radius 2 is 1.39 bits per heavy atom. The second kappa shape index (κ2) is 5.82. The van der Waals surface area contributed by atoms with Crippen molar-refractivity contribution in [1.29, 1.82) is 0 Å². The molecule has 0 saturated heterocycles. The second-order valence-corrected chi connectivity index (χ2v) is 7.67. The van der Waals surface area contributed by atoms with Crippen LogP contribution in [0.1, 0.15) is 0 Å². The molecule has 2 aromatic carbocycles. The number of hydrogen-bond acceptors (Lipinski definition) is 4. The number of aromatic nitrogens is 3. The van der Waals surface area contributed by atoms with Crippen LogP contribution >= 0.6 is 7.14 Å². The molecule has 0 bridgehead atoms. The van der Waals surface area contributed by atoms with E-state index in [0.29, 0.717) is 10.6 Å². The molecule has 116 valence electrons. The summed E-state index contributed by atoms with van der Waals surface area (Å²) >= 11 is 0. The van der Waals surface area contributed by atoms with E-state index >= 15 is 0 Å². The van der Waals surface area contributed by atoms with Crippen LogP contribution in [0.3, 0.4) is 0 Å². The minimum atomic E-state index is -3.48. The predicted molar refractivity (Wildman–Crippen MR) is 89.5 cm³/mol. The molecule has 0 aliphatic rings. The van der Waals surface area contributed by atoms with E-state index in [-0.39, 0.29) is 5.44 Å². The van der Waals surface area contributed by atoms with Gasteiger partial charge in [-0.2, -0.15) is 5.10 Å². The van der Waals surface area contributed by atoms with Crippen LogP contribution in [0.5, 0.6) is 0 Å². The third-order valence-electron chi connectivity index (χ3n) is 3.60. The maximum atomic E-state index is 13.9. The minimum Gasteiger partial charge on any atom is -0.307 e. The molecule has 0 saturated carbocycles. The molecule has 0 aliphatic carbocycles. The number of rotatable bonds is 3. The summed E-state index contributed by atoms with van der Waals surface area (Å²) in [6.45, 7) is 0. The zero-order valence-electron chi connectivity index (χ0n) is 12.3. The number of aromatic amines is 1. The van der Waals surface area contributed by atoms with Gasteiger partial charge in [0.1, 0.15) is 0 Å². The Hall–Kier alpha value is -2.72. The normalized spacial score (nSPS) is 11.3. The maximum Gasteiger partial charge on any atom is 0.344 e. The summed E-state index contributed by atoms with van der Waals surface area (Å²) in [6.07, 6.45) is 0. The van der Waals surface area contributed by atoms with Crippen LogP contribution in [0.25, 0.3) is 0 Å². The predicted octanol–water partition coefficient (Wildman–Crippen LogP) is 0.108. The summed E-state index contributed by atoms with van der Waals surface area (Å²) in [7, 11) is -2.15. The Kier molecular flexibility index (Phi) is 3.84. The Morgan fingerprint density at radius 1 is 0.913 bits per heavy atom. The molecule has 3 aromatic rings. The molecule has 23 heavy (non-hydrogen) atoms. The van der Waals surface area contributed by atoms with Crippen molar-refractivity contribution in [2.75, 3.05) is 0 Å². The highest BCUT2D eigenvalue weighted by Gasteiger charge is 2.34. The van der Waals surface area contributed by atoms with E-state index in [9.17, 15) is 14.2 Å². The van der Waals surface area contributed by atoms with Gasteiger partial charge in [0.2, 0.25) is 0 Å². The lowest BCUT2D eigenvalue weighted by Crippen LogP contribution is -2.47. The van der Waals surface area contributed by atoms with Crippen LogP contribution in [0.15, 0.2) is 70.3 Å². The van der Waals surface area contributed by atoms with Gasteiger partial charge in [0.15, 0.2) is 12.6 Å². The van der Waals surface area contributed by atoms with Crippen molar-refractivity contribution >= 4 is 23.2 Å². The summed E-state index contributed by atoms with van der Waals surface area (Å²) < 4.78 is 14.8. The van der Waals surface area contributed by atoms with Gasteiger partial charge in [0, 0.05) is 17.7 Å². The molecule has 0 fully saturated rings. The third kappa shape index (κ3) is 2.47. The topological polar surface area (TPSA) is 84.8 Å². The Balaban J connectivity index is 2.40. The van der Waals surface area contributed by atoms with Crippen LogP contribution in [-0.2, 0) is 11.6 Å². The molecule has 1 heterocycles. The van der Waals surface area contributed by atoms with Crippen molar-refractivity contribution in [2.24, 2.45) is 7.05 Å². The van der Waals surface area contributed by atoms with E-state index in [4.69, 9.17) is 0 Å². The molecule has 0 aliphatic heterocycles. The van der Waals surface area contributed by atoms with E-state index in [2.05, 4.69) is 10.2 Å². The van der Waals surface area contributed by atoms with Crippen molar-refractivity contribution in [3.8, 4) is 0 Å². The molecule has 1 aromatic heterocycles. The van der Waals surface area contributed by atoms with E-state index in [1.807, 2.05) is 0 Å². The van der Waals surface area contributed by atoms with Crippen LogP contribution in [-0.4, -0.2) is 14.8 Å². The van der Waals surface area contributed by atoms with E-state index in [1.54, 1.807) is 60.7 Å². The lowest BCUT2D eigenvalue weighted by atomic mass is 10.4. The molecule has 7 heteroatoms. The fraction of sp³-hybridized carbons (Fsp3) is 0.0625. The van der Waals surface area contributed by atoms with Crippen molar-refractivity contribution in [3.05, 3.63) is 81.5 Å². The molecule has 0 amide bonds. The Bertz CT molecular complexity index is 951. The SMILES string of the molecule is Cn1c(=O)[nH]nc(P(=O)(c2ccccc2)c2ccccc2)c1=O. The van der Waals surface area contributed by atoms with E-state index in [0.717, 1.165) is 4.57 Å². The molecule has 0 radical (unpaired) electrons. The first-order chi connectivity index (χ1) is 11.0. The van der Waals surface area contributed by atoms with Crippen molar-refractivity contribution in [3.63, 3.8) is 0 Å². The molecule has 3 rings (SSSR count). The van der Waals surface area contributed by atoms with Gasteiger partial charge in [-0.15, -0.1) is 0 Å². The summed E-state index contributed by atoms with van der Waals surface area (Å²) in [4.78, 5) is 24.0. The second-order valence-electron chi connectivity index (χ2n) is 5.00. The number of nitrogens with zero attached hydrogens (tertiary/aromatic N) is 2. The first kappa shape index (κ1) is 15.2. The van der Waals surface area contributed by atoms with Crippen LogP contribution < -0.4 is 27.3 Å². The third-order valence-corrected chi connectivity index (χ3v) is 6.53. The number of H-pyrrole nitrogens is 1. The molecule has 1 N–H and O–H groups in total. The monoisotopic (exact) mass is 327 g/mol. The Labute approximate surface area is 131 Å². The Morgan fingerprint density at radius 3 is 1.87 bits per heavy atom. The van der Waals surface area contributed by atoms with Gasteiger partial charge < -0.3 is 4.57 Å². The fourth-order valence-corrected chi connectivity index (χ4v) is 4.92. The largest absolute Gasteiger partial charge is 0.344 e. The highest BCUT2D eigenvalue weighted by molar-refractivity contribution is 7.85. The van der Waals surface area contributed by atoms with Crippen LogP contribution in [0, 0.1) is 0 Å². The summed E-state index contributed by atoms with van der Waals surface area (Å²) in [5.74, 6) is 0. The maximum absolute atomic E-state index is 13.9. The lowest BCUT2D eigenvalue weighted by molar-refractivity contribution is 0.590. The summed E-state index contributed by atoms with van der Waals surface area (Å²) in [5, 5.41) is 7.05. The molecule has 0 spiro atoms. The van der Waals surface area contributed by atoms with Crippen LogP contribution in [0.4, 0.5) is 0 Å². The zero-order valence-corrected chi connectivity index (χ0v) is 13.2. The molecule has 6 nitrogen and oxygen atoms in total. The van der Waals surface area contributed by atoms with Gasteiger partial charge in [0.25, 0.3) is 5.56 Å². The van der Waals surface area contributed by atoms with Gasteiger partial charge in [-0.25, -0.2) is 9.89 Å². The molecule has 0 unspecified atom stereocenters. The average Bonchev–Trinajstić information content (AvgIpc) is 2.61. The van der Waals surface area contributed by atoms with Gasteiger partial charge in [-0.3, -0.25) is 9.36 Å². The average molecular weight is 327 g/mol. The summed E-state index contributed by atoms with van der Waals surface area (Å²) in [6, 6.07) is 17.4. The summed E-state index contributed by atoms with van der Waals surface area (Å²) in [5.41, 5.74) is -1.46. The highest BCUT2D eigenvalue weighted by atomic mass is 31.2. The van der Waals surface area contributed by atoms with E-state index in [1.165, 1.54) is 7.05 Å². The van der Waals surface area contributed by atoms with E-state index < -0.39 is 18.4 Å². The van der Waals surface area contributed by atoms with Crippen molar-refractivity contribution in [1.82, 2.24) is 14.8 Å². The first-order valence-corrected chi connectivity index (χ1v) is 8.63. The highest BCUT2D eigenvalue weighted by Crippen LogP contribution is 2.39. The lowest BCUT2D eigenvalue weighted by Gasteiger charge is -2.17. The van der Waals surface area contributed by atoms with Gasteiger partial charge >= 0.3 is 5.69 Å². The quantitative estimate of drug-likeness (QED) is 0.692. The molecular formula is C16H14N3O3P. The standard InChI is InChI=1S/C16H14N3O3P/c1-19-15(20)14(17-18-16(19)21)23(22,12-8-4-2-5-9-12)13-10-6-3-7-11-13/h2-11H,1H3,(H,18,21). The van der Waals surface area contributed by atoms with Crippen molar-refractivity contribution < 1.29 is 4.57 Å². The first-order valence-electron chi connectivity index (χ1n) is 6.92. The van der Waals surface area contributed by atoms with Gasteiger partial charge in [0.05, 0.1) is 0 Å². The van der Waals surface area contributed by atoms with Crippen LogP contribution in [0.2, 0.25) is 0 Å². The number of hydrogen-bond donors (Lipinski definition) is 1.